The molecule has 32 heavy (non-hydrogen) atoms. The molecule has 168 valence electrons. The summed E-state index contributed by atoms with van der Waals surface area (Å²) in [6.45, 7) is 2.18. The fourth-order valence-electron chi connectivity index (χ4n) is 5.16. The molecule has 4 heterocycles. The summed E-state index contributed by atoms with van der Waals surface area (Å²) in [5, 5.41) is 21.1. The van der Waals surface area contributed by atoms with Crippen LogP contribution < -0.4 is 15.5 Å². The van der Waals surface area contributed by atoms with Crippen LogP contribution in [0.4, 0.5) is 5.69 Å². The Hall–Kier alpha value is -3.30. The first-order valence-electron chi connectivity index (χ1n) is 10.7. The van der Waals surface area contributed by atoms with Gasteiger partial charge >= 0.3 is 0 Å². The van der Waals surface area contributed by atoms with Crippen molar-refractivity contribution < 1.29 is 14.7 Å². The van der Waals surface area contributed by atoms with E-state index in [4.69, 9.17) is 9.94 Å². The van der Waals surface area contributed by atoms with Gasteiger partial charge in [-0.3, -0.25) is 14.8 Å². The first-order valence-corrected chi connectivity index (χ1v) is 10.7. The van der Waals surface area contributed by atoms with E-state index in [-0.39, 0.29) is 28.7 Å². The number of anilines is 1. The average molecular weight is 437 g/mol. The first kappa shape index (κ1) is 20.6. The minimum Gasteiger partial charge on any atom is -0.733 e. The van der Waals surface area contributed by atoms with Gasteiger partial charge in [0.1, 0.15) is 11.4 Å². The molecule has 0 radical (unpaired) electrons. The number of carbonyl (C=O) groups excluding carboxylic acids is 1. The molecule has 2 bridgehead atoms. The lowest BCUT2D eigenvalue weighted by Crippen LogP contribution is -2.49. The quantitative estimate of drug-likeness (QED) is 0.616. The van der Waals surface area contributed by atoms with Crippen LogP contribution in [0.3, 0.4) is 0 Å². The van der Waals surface area contributed by atoms with Crippen LogP contribution in [0.5, 0.6) is 5.75 Å². The number of piperidine rings is 1. The minimum absolute atomic E-state index is 0.0480. The maximum atomic E-state index is 13.0. The number of nitrogens with zero attached hydrogens (tertiary/aromatic N) is 4. The molecule has 1 fully saturated rings. The molecule has 0 aliphatic carbocycles. The fraction of sp³-hybridized carbons (Fsp3) is 0.391. The summed E-state index contributed by atoms with van der Waals surface area (Å²) in [6.07, 6.45) is 3.30. The van der Waals surface area contributed by atoms with Gasteiger partial charge in [0.15, 0.2) is 0 Å². The second-order valence-electron chi connectivity index (χ2n) is 8.61. The van der Waals surface area contributed by atoms with E-state index in [0.29, 0.717) is 32.6 Å². The number of aromatic nitrogens is 2. The Morgan fingerprint density at radius 1 is 1.22 bits per heavy atom. The Morgan fingerprint density at radius 2 is 2.06 bits per heavy atom. The molecule has 2 aromatic heterocycles. The number of amides is 1. The number of methoxy groups -OCH3 is 1. The topological polar surface area (TPSA) is 103 Å². The Kier molecular flexibility index (Phi) is 5.15. The zero-order valence-corrected chi connectivity index (χ0v) is 17.8. The van der Waals surface area contributed by atoms with Crippen molar-refractivity contribution >= 4 is 22.5 Å². The van der Waals surface area contributed by atoms with Crippen molar-refractivity contribution in [2.24, 2.45) is 5.92 Å². The molecular weight excluding hydrogens is 412 g/mol. The summed E-state index contributed by atoms with van der Waals surface area (Å²) >= 11 is 0. The van der Waals surface area contributed by atoms with Gasteiger partial charge in [0.2, 0.25) is 5.91 Å². The lowest BCUT2D eigenvalue weighted by Gasteiger charge is -2.43. The van der Waals surface area contributed by atoms with E-state index >= 15 is 0 Å². The average Bonchev–Trinajstić information content (AvgIpc) is 3.19. The number of carbonyl (C=O) groups is 1. The van der Waals surface area contributed by atoms with Crippen LogP contribution >= 0.6 is 0 Å². The Bertz CT molecular complexity index is 1230. The number of rotatable bonds is 5. The highest BCUT2D eigenvalue weighted by molar-refractivity contribution is 5.82. The largest absolute Gasteiger partial charge is 0.733 e. The van der Waals surface area contributed by atoms with E-state index in [1.54, 1.807) is 17.7 Å². The number of benzene rings is 1. The van der Waals surface area contributed by atoms with Crippen molar-refractivity contribution in [1.29, 1.82) is 0 Å². The monoisotopic (exact) mass is 437 g/mol. The Labute approximate surface area is 184 Å². The van der Waals surface area contributed by atoms with Crippen LogP contribution in [0.2, 0.25) is 0 Å². The molecule has 0 unspecified atom stereocenters. The highest BCUT2D eigenvalue weighted by Crippen LogP contribution is 2.36. The third kappa shape index (κ3) is 3.53. The Morgan fingerprint density at radius 3 is 2.84 bits per heavy atom. The smallest absolute Gasteiger partial charge is 0.275 e. The molecule has 0 spiro atoms. The summed E-state index contributed by atoms with van der Waals surface area (Å²) in [7, 11) is 1.64. The van der Waals surface area contributed by atoms with Gasteiger partial charge in [-0.15, -0.1) is 0 Å². The predicted molar refractivity (Wildman–Crippen MR) is 119 cm³/mol. The molecule has 1 saturated heterocycles. The van der Waals surface area contributed by atoms with Gasteiger partial charge in [0.05, 0.1) is 7.11 Å². The van der Waals surface area contributed by atoms with Crippen molar-refractivity contribution in [3.8, 4) is 5.75 Å². The lowest BCUT2D eigenvalue weighted by atomic mass is 9.83. The Balaban J connectivity index is 1.29. The molecule has 0 saturated carbocycles. The normalized spacial score (nSPS) is 19.7. The van der Waals surface area contributed by atoms with Crippen molar-refractivity contribution in [1.82, 2.24) is 14.0 Å². The summed E-state index contributed by atoms with van der Waals surface area (Å²) in [4.78, 5) is 27.5. The zero-order valence-electron chi connectivity index (χ0n) is 17.8. The van der Waals surface area contributed by atoms with E-state index in [1.165, 1.54) is 6.07 Å². The number of hydrogen-bond donors (Lipinski definition) is 1. The SMILES string of the molecule is COc1ccc2c(ccn2CCC(=O)N2C[C@H]3C[C@@H](C2)c2ccc(N([O-])O)c(=O)n2C3)c1. The van der Waals surface area contributed by atoms with Crippen molar-refractivity contribution in [2.75, 3.05) is 25.4 Å². The standard InChI is InChI=1S/C23H25N4O5/c1-32-18-2-3-19-16(11-18)6-8-24(19)9-7-22(28)25-12-15-10-17(14-25)20-4-5-21(27(30)31)23(29)26(20)13-15/h2-6,8,11,15,17,30H,7,9-10,12-14H2,1H3/q-1/t15-,17+/m1/s1. The van der Waals surface area contributed by atoms with E-state index in [9.17, 15) is 14.8 Å². The minimum atomic E-state index is -0.481. The van der Waals surface area contributed by atoms with E-state index in [0.717, 1.165) is 28.8 Å². The van der Waals surface area contributed by atoms with Crippen molar-refractivity contribution in [2.45, 2.75) is 31.8 Å². The number of hydrogen-bond acceptors (Lipinski definition) is 6. The third-order valence-corrected chi connectivity index (χ3v) is 6.69. The second-order valence-corrected chi connectivity index (χ2v) is 8.61. The number of likely N-dealkylation sites (tertiary alicyclic amines) is 1. The van der Waals surface area contributed by atoms with Gasteiger partial charge in [-0.05, 0) is 48.7 Å². The third-order valence-electron chi connectivity index (χ3n) is 6.69. The van der Waals surface area contributed by atoms with Gasteiger partial charge < -0.3 is 29.2 Å². The molecule has 9 nitrogen and oxygen atoms in total. The van der Waals surface area contributed by atoms with Gasteiger partial charge in [0.25, 0.3) is 5.56 Å². The van der Waals surface area contributed by atoms with Gasteiger partial charge in [-0.2, -0.15) is 0 Å². The molecule has 1 N–H and O–H groups in total. The molecule has 2 atom stereocenters. The van der Waals surface area contributed by atoms with E-state index in [1.807, 2.05) is 35.4 Å². The molecule has 5 rings (SSSR count). The predicted octanol–water partition coefficient (Wildman–Crippen LogP) is 2.54. The maximum Gasteiger partial charge on any atom is 0.275 e. The molecule has 1 aromatic carbocycles. The summed E-state index contributed by atoms with van der Waals surface area (Å²) in [6, 6.07) is 11.0. The second kappa shape index (κ2) is 7.99. The van der Waals surface area contributed by atoms with Crippen molar-refractivity contribution in [3.05, 3.63) is 63.9 Å². The fourth-order valence-corrected chi connectivity index (χ4v) is 5.16. The number of fused-ring (bicyclic) bond motifs is 5. The molecule has 1 amide bonds. The zero-order chi connectivity index (χ0) is 22.4. The summed E-state index contributed by atoms with van der Waals surface area (Å²) in [5.41, 5.74) is 1.12. The van der Waals surface area contributed by atoms with Crippen LogP contribution in [0.25, 0.3) is 10.9 Å². The molecule has 2 aliphatic rings. The van der Waals surface area contributed by atoms with Crippen LogP contribution in [-0.4, -0.2) is 45.3 Å². The van der Waals surface area contributed by atoms with Crippen molar-refractivity contribution in [3.63, 3.8) is 0 Å². The molecule has 3 aromatic rings. The van der Waals surface area contributed by atoms with Crippen LogP contribution in [0.1, 0.15) is 24.5 Å². The highest BCUT2D eigenvalue weighted by atomic mass is 16.8. The molecule has 2 aliphatic heterocycles. The first-order chi connectivity index (χ1) is 15.4. The van der Waals surface area contributed by atoms with Crippen LogP contribution in [0, 0.1) is 11.1 Å². The van der Waals surface area contributed by atoms with Gasteiger partial charge in [-0.1, -0.05) is 0 Å². The molecular formula is C23H25N4O5-. The maximum absolute atomic E-state index is 13.0. The van der Waals surface area contributed by atoms with Crippen LogP contribution in [-0.2, 0) is 17.9 Å². The molecule has 9 heteroatoms. The van der Waals surface area contributed by atoms with Gasteiger partial charge in [-0.25, -0.2) is 0 Å². The summed E-state index contributed by atoms with van der Waals surface area (Å²) in [5.74, 6) is 1.10. The summed E-state index contributed by atoms with van der Waals surface area (Å²) < 4.78 is 8.94. The highest BCUT2D eigenvalue weighted by Gasteiger charge is 2.36. The number of aryl methyl sites for hydroxylation is 1. The number of pyridine rings is 1. The lowest BCUT2D eigenvalue weighted by molar-refractivity contribution is -0.134. The van der Waals surface area contributed by atoms with Crippen LogP contribution in [0.15, 0.2) is 47.4 Å². The van der Waals surface area contributed by atoms with E-state index in [2.05, 4.69) is 4.57 Å². The number of ether oxygens (including phenoxy) is 1. The van der Waals surface area contributed by atoms with Gasteiger partial charge in [0, 0.05) is 61.3 Å². The van der Waals surface area contributed by atoms with E-state index < -0.39 is 5.56 Å².